The minimum atomic E-state index is -4.69. The lowest BCUT2D eigenvalue weighted by Gasteiger charge is -2.14. The zero-order valence-electron chi connectivity index (χ0n) is 19.9. The van der Waals surface area contributed by atoms with Crippen LogP contribution in [0, 0.1) is 11.6 Å². The van der Waals surface area contributed by atoms with Crippen LogP contribution >= 0.6 is 0 Å². The number of H-pyrrole nitrogens is 1. The quantitative estimate of drug-likeness (QED) is 0.222. The molecule has 4 aromatic rings. The predicted octanol–water partition coefficient (Wildman–Crippen LogP) is 5.61. The number of ketones is 1. The normalized spacial score (nSPS) is 14.6. The molecule has 0 aliphatic heterocycles. The highest BCUT2D eigenvalue weighted by atomic mass is 32.2. The molecule has 1 aliphatic carbocycles. The number of halogens is 5. The minimum Gasteiger partial charge on any atom is -0.474 e. The summed E-state index contributed by atoms with van der Waals surface area (Å²) >= 11 is 0. The summed E-state index contributed by atoms with van der Waals surface area (Å²) in [6.45, 7) is 0. The molecule has 5 rings (SSSR count). The van der Waals surface area contributed by atoms with Gasteiger partial charge in [0.05, 0.1) is 32.7 Å². The van der Waals surface area contributed by atoms with Gasteiger partial charge in [0.15, 0.2) is 5.82 Å². The highest BCUT2D eigenvalue weighted by Gasteiger charge is 2.32. The third-order valence-corrected chi connectivity index (χ3v) is 7.70. The van der Waals surface area contributed by atoms with Crippen molar-refractivity contribution in [3.8, 4) is 5.88 Å². The van der Waals surface area contributed by atoms with E-state index in [1.165, 1.54) is 12.5 Å². The van der Waals surface area contributed by atoms with E-state index in [9.17, 15) is 30.8 Å². The summed E-state index contributed by atoms with van der Waals surface area (Å²) in [7, 11) is -4.60. The fourth-order valence-corrected chi connectivity index (χ4v) is 5.43. The highest BCUT2D eigenvalue weighted by molar-refractivity contribution is 7.92. The van der Waals surface area contributed by atoms with Crippen molar-refractivity contribution in [3.63, 3.8) is 0 Å². The van der Waals surface area contributed by atoms with Crippen molar-refractivity contribution in [1.29, 1.82) is 0 Å². The number of benzene rings is 2. The number of rotatable bonds is 7. The van der Waals surface area contributed by atoms with Gasteiger partial charge in [0.25, 0.3) is 10.0 Å². The van der Waals surface area contributed by atoms with E-state index in [0.29, 0.717) is 30.3 Å². The van der Waals surface area contributed by atoms with Crippen molar-refractivity contribution in [2.24, 2.45) is 0 Å². The van der Waals surface area contributed by atoms with Gasteiger partial charge in [-0.1, -0.05) is 0 Å². The van der Waals surface area contributed by atoms with E-state index >= 15 is 4.39 Å². The van der Waals surface area contributed by atoms with Gasteiger partial charge in [0.1, 0.15) is 23.9 Å². The standard InChI is InChI=1S/C25H19F5N4O4S/c26-17-9-10-18(34-39(36,37)15-7-5-13(6-8-15)25(28,29)30)21(27)20(17)22(35)16-11-31-23-19(16)24(33-12-32-23)38-14-3-1-2-4-14/h5-12,14,34H,1-4H2,(H,31,32,33). The first-order valence-electron chi connectivity index (χ1n) is 11.7. The van der Waals surface area contributed by atoms with Crippen LogP contribution in [0.2, 0.25) is 0 Å². The number of alkyl halides is 3. The average Bonchev–Trinajstić information content (AvgIpc) is 3.56. The molecule has 39 heavy (non-hydrogen) atoms. The van der Waals surface area contributed by atoms with Crippen molar-refractivity contribution in [1.82, 2.24) is 15.0 Å². The second-order valence-corrected chi connectivity index (χ2v) is 10.6. The fourth-order valence-electron chi connectivity index (χ4n) is 4.37. The van der Waals surface area contributed by atoms with E-state index in [-0.39, 0.29) is 28.6 Å². The summed E-state index contributed by atoms with van der Waals surface area (Å²) in [5.41, 5.74) is -2.92. The number of aromatic amines is 1. The molecule has 2 aromatic heterocycles. The molecule has 0 radical (unpaired) electrons. The molecule has 1 saturated carbocycles. The first-order chi connectivity index (χ1) is 18.5. The number of anilines is 1. The second-order valence-electron chi connectivity index (χ2n) is 8.87. The number of carbonyl (C=O) groups excluding carboxylic acids is 1. The Kier molecular flexibility index (Phi) is 6.74. The van der Waals surface area contributed by atoms with Crippen LogP contribution in [-0.2, 0) is 16.2 Å². The van der Waals surface area contributed by atoms with Gasteiger partial charge in [0, 0.05) is 6.20 Å². The maximum absolute atomic E-state index is 15.5. The molecule has 0 unspecified atom stereocenters. The zero-order chi connectivity index (χ0) is 27.9. The first-order valence-corrected chi connectivity index (χ1v) is 13.2. The number of nitrogens with zero attached hydrogens (tertiary/aromatic N) is 2. The van der Waals surface area contributed by atoms with E-state index in [0.717, 1.165) is 31.7 Å². The van der Waals surface area contributed by atoms with Gasteiger partial charge in [-0.05, 0) is 62.1 Å². The molecule has 14 heteroatoms. The maximum Gasteiger partial charge on any atom is 0.416 e. The molecule has 2 heterocycles. The molecule has 0 spiro atoms. The van der Waals surface area contributed by atoms with Crippen LogP contribution in [0.15, 0.2) is 53.8 Å². The van der Waals surface area contributed by atoms with Crippen molar-refractivity contribution in [2.45, 2.75) is 42.9 Å². The maximum atomic E-state index is 15.5. The highest BCUT2D eigenvalue weighted by Crippen LogP contribution is 2.34. The van der Waals surface area contributed by atoms with Crippen LogP contribution in [0.4, 0.5) is 27.6 Å². The van der Waals surface area contributed by atoms with E-state index in [4.69, 9.17) is 4.74 Å². The molecule has 8 nitrogen and oxygen atoms in total. The lowest BCUT2D eigenvalue weighted by atomic mass is 10.0. The average molecular weight is 567 g/mol. The Morgan fingerprint density at radius 3 is 2.38 bits per heavy atom. The molecule has 1 aliphatic rings. The lowest BCUT2D eigenvalue weighted by Crippen LogP contribution is -2.17. The Balaban J connectivity index is 1.49. The molecule has 0 amide bonds. The van der Waals surface area contributed by atoms with Gasteiger partial charge in [-0.25, -0.2) is 27.2 Å². The Morgan fingerprint density at radius 1 is 1.03 bits per heavy atom. The van der Waals surface area contributed by atoms with Crippen LogP contribution in [0.25, 0.3) is 11.0 Å². The molecular formula is C25H19F5N4O4S. The number of hydrogen-bond acceptors (Lipinski definition) is 6. The number of nitrogens with one attached hydrogen (secondary N) is 2. The van der Waals surface area contributed by atoms with Gasteiger partial charge in [0.2, 0.25) is 11.7 Å². The molecule has 1 fully saturated rings. The SMILES string of the molecule is O=C(c1c(F)ccc(NS(=O)(=O)c2ccc(C(F)(F)F)cc2)c1F)c1c[nH]c2ncnc(OC3CCCC3)c12. The Hall–Kier alpha value is -4.07. The topological polar surface area (TPSA) is 114 Å². The van der Waals surface area contributed by atoms with Crippen LogP contribution in [0.5, 0.6) is 5.88 Å². The van der Waals surface area contributed by atoms with Gasteiger partial charge in [-0.3, -0.25) is 9.52 Å². The number of ether oxygens (including phenoxy) is 1. The number of carbonyl (C=O) groups is 1. The minimum absolute atomic E-state index is 0.0662. The monoisotopic (exact) mass is 566 g/mol. The van der Waals surface area contributed by atoms with Crippen LogP contribution in [-0.4, -0.2) is 35.3 Å². The largest absolute Gasteiger partial charge is 0.474 e. The van der Waals surface area contributed by atoms with Crippen molar-refractivity contribution in [2.75, 3.05) is 4.72 Å². The molecular weight excluding hydrogens is 547 g/mol. The summed E-state index contributed by atoms with van der Waals surface area (Å²) < 4.78 is 102. The van der Waals surface area contributed by atoms with E-state index in [2.05, 4.69) is 15.0 Å². The first kappa shape index (κ1) is 26.5. The Labute approximate surface area is 218 Å². The molecule has 204 valence electrons. The zero-order valence-corrected chi connectivity index (χ0v) is 20.7. The molecule has 0 saturated heterocycles. The van der Waals surface area contributed by atoms with E-state index in [1.807, 2.05) is 4.72 Å². The van der Waals surface area contributed by atoms with Gasteiger partial charge in [-0.2, -0.15) is 13.2 Å². The number of sulfonamides is 1. The summed E-state index contributed by atoms with van der Waals surface area (Å²) in [4.78, 5) is 23.6. The number of fused-ring (bicyclic) bond motifs is 1. The molecule has 0 atom stereocenters. The van der Waals surface area contributed by atoms with Crippen molar-refractivity contribution < 1.29 is 39.9 Å². The van der Waals surface area contributed by atoms with Gasteiger partial charge in [-0.15, -0.1) is 0 Å². The molecule has 0 bridgehead atoms. The number of aromatic nitrogens is 3. The third-order valence-electron chi connectivity index (χ3n) is 6.31. The Morgan fingerprint density at radius 2 is 1.72 bits per heavy atom. The van der Waals surface area contributed by atoms with E-state index < -0.39 is 55.3 Å². The third kappa shape index (κ3) is 5.15. The van der Waals surface area contributed by atoms with Crippen LogP contribution in [0.1, 0.15) is 47.2 Å². The van der Waals surface area contributed by atoms with Gasteiger partial charge >= 0.3 is 6.18 Å². The summed E-state index contributed by atoms with van der Waals surface area (Å²) in [6.07, 6.45) is 1.07. The molecule has 2 N–H and O–H groups in total. The van der Waals surface area contributed by atoms with E-state index in [1.54, 1.807) is 0 Å². The summed E-state index contributed by atoms with van der Waals surface area (Å²) in [6, 6.07) is 3.94. The molecule has 2 aromatic carbocycles. The lowest BCUT2D eigenvalue weighted by molar-refractivity contribution is -0.137. The Bertz CT molecular complexity index is 1660. The number of hydrogen-bond donors (Lipinski definition) is 2. The van der Waals surface area contributed by atoms with Crippen LogP contribution < -0.4 is 9.46 Å². The summed E-state index contributed by atoms with van der Waals surface area (Å²) in [5.74, 6) is -3.84. The fraction of sp³-hybridized carbons (Fsp3) is 0.240. The second kappa shape index (κ2) is 9.91. The predicted molar refractivity (Wildman–Crippen MR) is 129 cm³/mol. The summed E-state index contributed by atoms with van der Waals surface area (Å²) in [5, 5.41) is 0.115. The van der Waals surface area contributed by atoms with Gasteiger partial charge < -0.3 is 9.72 Å². The van der Waals surface area contributed by atoms with Crippen LogP contribution in [0.3, 0.4) is 0 Å². The smallest absolute Gasteiger partial charge is 0.416 e. The van der Waals surface area contributed by atoms with Crippen molar-refractivity contribution in [3.05, 3.63) is 77.2 Å². The van der Waals surface area contributed by atoms with Crippen molar-refractivity contribution >= 4 is 32.5 Å².